The number of nitrogen functional groups attached to an aromatic ring is 1. The van der Waals surface area contributed by atoms with E-state index in [9.17, 15) is 4.79 Å². The van der Waals surface area contributed by atoms with E-state index in [1.807, 2.05) is 45.0 Å². The normalized spacial score (nSPS) is 12.5. The quantitative estimate of drug-likeness (QED) is 0.770. The first-order valence-electron chi connectivity index (χ1n) is 6.24. The second-order valence-electron chi connectivity index (χ2n) is 4.41. The average Bonchev–Trinajstić information content (AvgIpc) is 2.30. The molecule has 0 radical (unpaired) electrons. The number of anilines is 1. The molecule has 0 bridgehead atoms. The molecule has 0 aromatic heterocycles. The van der Waals surface area contributed by atoms with Gasteiger partial charge < -0.3 is 11.1 Å². The zero-order valence-corrected chi connectivity index (χ0v) is 10.9. The molecule has 0 fully saturated rings. The molecule has 3 N–H and O–H groups in total. The number of carbonyl (C=O) groups excluding carboxylic acids is 1. The molecule has 0 aliphatic rings. The summed E-state index contributed by atoms with van der Waals surface area (Å²) in [5.41, 5.74) is 7.50. The van der Waals surface area contributed by atoms with Crippen LogP contribution in [-0.2, 0) is 4.79 Å². The maximum absolute atomic E-state index is 11.9. The van der Waals surface area contributed by atoms with E-state index in [0.29, 0.717) is 0 Å². The van der Waals surface area contributed by atoms with Crippen LogP contribution in [0.3, 0.4) is 0 Å². The van der Waals surface area contributed by atoms with Crippen LogP contribution in [-0.4, -0.2) is 5.91 Å². The van der Waals surface area contributed by atoms with Gasteiger partial charge in [-0.25, -0.2) is 0 Å². The highest BCUT2D eigenvalue weighted by molar-refractivity contribution is 5.79. The summed E-state index contributed by atoms with van der Waals surface area (Å²) in [5, 5.41) is 3.03. The molecule has 1 aromatic carbocycles. The fraction of sp³-hybridized carbons (Fsp3) is 0.500. The van der Waals surface area contributed by atoms with Crippen LogP contribution >= 0.6 is 0 Å². The summed E-state index contributed by atoms with van der Waals surface area (Å²) in [4.78, 5) is 11.9. The van der Waals surface area contributed by atoms with E-state index in [1.165, 1.54) is 0 Å². The molecule has 3 heteroatoms. The Morgan fingerprint density at radius 3 is 2.53 bits per heavy atom. The number of rotatable bonds is 5. The Morgan fingerprint density at radius 2 is 2.00 bits per heavy atom. The van der Waals surface area contributed by atoms with Crippen molar-refractivity contribution >= 4 is 11.6 Å². The molecule has 1 atom stereocenters. The lowest BCUT2D eigenvalue weighted by molar-refractivity contribution is -0.125. The van der Waals surface area contributed by atoms with Crippen LogP contribution in [0.2, 0.25) is 0 Å². The van der Waals surface area contributed by atoms with Crippen molar-refractivity contribution in [2.75, 3.05) is 5.73 Å². The third-order valence-electron chi connectivity index (χ3n) is 3.13. The Morgan fingerprint density at radius 1 is 1.35 bits per heavy atom. The van der Waals surface area contributed by atoms with Gasteiger partial charge in [0, 0.05) is 11.6 Å². The van der Waals surface area contributed by atoms with Crippen LogP contribution < -0.4 is 11.1 Å². The van der Waals surface area contributed by atoms with Crippen molar-refractivity contribution < 1.29 is 4.79 Å². The molecule has 1 aromatic rings. The summed E-state index contributed by atoms with van der Waals surface area (Å²) in [6, 6.07) is 7.64. The standard InChI is InChI=1S/C14H22N2O/c1-4-11(5-2)14(17)16-10(3)12-7-6-8-13(15)9-12/h6-11H,4-5,15H2,1-3H3,(H,16,17). The van der Waals surface area contributed by atoms with Gasteiger partial charge in [0.2, 0.25) is 5.91 Å². The van der Waals surface area contributed by atoms with Gasteiger partial charge in [-0.3, -0.25) is 4.79 Å². The monoisotopic (exact) mass is 234 g/mol. The number of nitrogens with two attached hydrogens (primary N) is 1. The van der Waals surface area contributed by atoms with Crippen LogP contribution in [0, 0.1) is 5.92 Å². The van der Waals surface area contributed by atoms with Crippen molar-refractivity contribution in [1.29, 1.82) is 0 Å². The maximum Gasteiger partial charge on any atom is 0.223 e. The highest BCUT2D eigenvalue weighted by Crippen LogP contribution is 2.17. The molecule has 0 saturated carbocycles. The van der Waals surface area contributed by atoms with Crippen molar-refractivity contribution in [3.63, 3.8) is 0 Å². The lowest BCUT2D eigenvalue weighted by Gasteiger charge is -2.18. The minimum absolute atomic E-state index is 0.00611. The van der Waals surface area contributed by atoms with E-state index in [0.717, 1.165) is 24.1 Å². The molecule has 0 heterocycles. The molecule has 0 aliphatic heterocycles. The number of hydrogen-bond acceptors (Lipinski definition) is 2. The highest BCUT2D eigenvalue weighted by atomic mass is 16.1. The Kier molecular flexibility index (Phi) is 5.01. The minimum atomic E-state index is 0.00611. The SMILES string of the molecule is CCC(CC)C(=O)NC(C)c1cccc(N)c1. The first kappa shape index (κ1) is 13.6. The number of amides is 1. The molecule has 0 spiro atoms. The second-order valence-corrected chi connectivity index (χ2v) is 4.41. The lowest BCUT2D eigenvalue weighted by Crippen LogP contribution is -2.32. The highest BCUT2D eigenvalue weighted by Gasteiger charge is 2.16. The van der Waals surface area contributed by atoms with Gasteiger partial charge in [0.1, 0.15) is 0 Å². The van der Waals surface area contributed by atoms with Crippen LogP contribution in [0.15, 0.2) is 24.3 Å². The predicted molar refractivity (Wildman–Crippen MR) is 71.5 cm³/mol. The Labute approximate surface area is 103 Å². The Balaban J connectivity index is 2.66. The zero-order valence-electron chi connectivity index (χ0n) is 10.9. The van der Waals surface area contributed by atoms with Crippen LogP contribution in [0.1, 0.15) is 45.2 Å². The molecule has 0 saturated heterocycles. The van der Waals surface area contributed by atoms with Gasteiger partial charge in [-0.2, -0.15) is 0 Å². The lowest BCUT2D eigenvalue weighted by atomic mass is 10.0. The second kappa shape index (κ2) is 6.28. The van der Waals surface area contributed by atoms with E-state index >= 15 is 0 Å². The van der Waals surface area contributed by atoms with Gasteiger partial charge in [-0.05, 0) is 37.5 Å². The van der Waals surface area contributed by atoms with Crippen molar-refractivity contribution in [3.05, 3.63) is 29.8 Å². The van der Waals surface area contributed by atoms with Crippen molar-refractivity contribution in [3.8, 4) is 0 Å². The first-order valence-corrected chi connectivity index (χ1v) is 6.24. The van der Waals surface area contributed by atoms with Gasteiger partial charge in [0.05, 0.1) is 6.04 Å². The molecule has 0 aliphatic carbocycles. The van der Waals surface area contributed by atoms with Crippen molar-refractivity contribution in [2.45, 2.75) is 39.7 Å². The molecule has 1 amide bonds. The van der Waals surface area contributed by atoms with Gasteiger partial charge in [0.15, 0.2) is 0 Å². The third kappa shape index (κ3) is 3.77. The van der Waals surface area contributed by atoms with Crippen molar-refractivity contribution in [1.82, 2.24) is 5.32 Å². The minimum Gasteiger partial charge on any atom is -0.399 e. The van der Waals surface area contributed by atoms with Gasteiger partial charge >= 0.3 is 0 Å². The fourth-order valence-corrected chi connectivity index (χ4v) is 1.90. The average molecular weight is 234 g/mol. The molecule has 94 valence electrons. The van der Waals surface area contributed by atoms with Crippen LogP contribution in [0.25, 0.3) is 0 Å². The maximum atomic E-state index is 11.9. The summed E-state index contributed by atoms with van der Waals surface area (Å²) in [7, 11) is 0. The number of nitrogens with one attached hydrogen (secondary N) is 1. The van der Waals surface area contributed by atoms with E-state index in [-0.39, 0.29) is 17.9 Å². The Hall–Kier alpha value is -1.51. The van der Waals surface area contributed by atoms with E-state index in [4.69, 9.17) is 5.73 Å². The van der Waals surface area contributed by atoms with Gasteiger partial charge in [-0.15, -0.1) is 0 Å². The summed E-state index contributed by atoms with van der Waals surface area (Å²) < 4.78 is 0. The van der Waals surface area contributed by atoms with E-state index in [2.05, 4.69) is 5.32 Å². The number of carbonyl (C=O) groups is 1. The summed E-state index contributed by atoms with van der Waals surface area (Å²) in [6.07, 6.45) is 1.76. The zero-order chi connectivity index (χ0) is 12.8. The van der Waals surface area contributed by atoms with Gasteiger partial charge in [0.25, 0.3) is 0 Å². The number of benzene rings is 1. The summed E-state index contributed by atoms with van der Waals surface area (Å²) in [5.74, 6) is 0.239. The number of hydrogen-bond donors (Lipinski definition) is 2. The molecular weight excluding hydrogens is 212 g/mol. The molecule has 3 nitrogen and oxygen atoms in total. The van der Waals surface area contributed by atoms with Crippen molar-refractivity contribution in [2.24, 2.45) is 5.92 Å². The summed E-state index contributed by atoms with van der Waals surface area (Å²) in [6.45, 7) is 6.06. The first-order chi connectivity index (χ1) is 8.08. The molecule has 17 heavy (non-hydrogen) atoms. The molecule has 1 rings (SSSR count). The largest absolute Gasteiger partial charge is 0.399 e. The van der Waals surface area contributed by atoms with Gasteiger partial charge in [-0.1, -0.05) is 26.0 Å². The molecule has 1 unspecified atom stereocenters. The Bertz CT molecular complexity index is 372. The van der Waals surface area contributed by atoms with E-state index in [1.54, 1.807) is 0 Å². The van der Waals surface area contributed by atoms with Crippen LogP contribution in [0.5, 0.6) is 0 Å². The predicted octanol–water partition coefficient (Wildman–Crippen LogP) is 2.88. The molecular formula is C14H22N2O. The van der Waals surface area contributed by atoms with E-state index < -0.39 is 0 Å². The third-order valence-corrected chi connectivity index (χ3v) is 3.13. The summed E-state index contributed by atoms with van der Waals surface area (Å²) >= 11 is 0. The van der Waals surface area contributed by atoms with Crippen LogP contribution in [0.4, 0.5) is 5.69 Å². The fourth-order valence-electron chi connectivity index (χ4n) is 1.90. The smallest absolute Gasteiger partial charge is 0.223 e. The topological polar surface area (TPSA) is 55.1 Å².